The Kier molecular flexibility index (Phi) is 5.49. The summed E-state index contributed by atoms with van der Waals surface area (Å²) in [5.74, 6) is 0.674. The van der Waals surface area contributed by atoms with E-state index in [9.17, 15) is 9.59 Å². The van der Waals surface area contributed by atoms with Crippen LogP contribution in [0.25, 0.3) is 21.9 Å². The molecule has 0 bridgehead atoms. The summed E-state index contributed by atoms with van der Waals surface area (Å²) < 4.78 is 22.2. The third-order valence-corrected chi connectivity index (χ3v) is 6.13. The summed E-state index contributed by atoms with van der Waals surface area (Å²) in [6, 6.07) is 16.6. The molecule has 174 valence electrons. The SMILES string of the molecule is COc1ccc(OC)c(N2C[C@H](C(=O)Nc3cc4oc5ccccc5c4cc3OC)CC2=O)c1. The Morgan fingerprint density at radius 3 is 2.50 bits per heavy atom. The quantitative estimate of drug-likeness (QED) is 0.452. The number of hydrogen-bond acceptors (Lipinski definition) is 6. The second-order valence-corrected chi connectivity index (χ2v) is 8.08. The topological polar surface area (TPSA) is 90.2 Å². The average Bonchev–Trinajstić information content (AvgIpc) is 3.42. The number of benzene rings is 3. The molecule has 34 heavy (non-hydrogen) atoms. The Bertz CT molecular complexity index is 1410. The van der Waals surface area contributed by atoms with Crippen LogP contribution in [-0.2, 0) is 9.59 Å². The first kappa shape index (κ1) is 21.6. The van der Waals surface area contributed by atoms with Gasteiger partial charge in [-0.05, 0) is 24.3 Å². The monoisotopic (exact) mass is 460 g/mol. The van der Waals surface area contributed by atoms with Crippen molar-refractivity contribution >= 4 is 45.1 Å². The van der Waals surface area contributed by atoms with Crippen molar-refractivity contribution in [1.82, 2.24) is 0 Å². The highest BCUT2D eigenvalue weighted by Gasteiger charge is 2.37. The molecule has 1 N–H and O–H groups in total. The van der Waals surface area contributed by atoms with Gasteiger partial charge in [-0.1, -0.05) is 18.2 Å². The van der Waals surface area contributed by atoms with Crippen molar-refractivity contribution in [2.75, 3.05) is 38.1 Å². The van der Waals surface area contributed by atoms with Gasteiger partial charge in [0.05, 0.1) is 38.6 Å². The number of nitrogens with zero attached hydrogens (tertiary/aromatic N) is 1. The van der Waals surface area contributed by atoms with Crippen LogP contribution in [0.5, 0.6) is 17.2 Å². The van der Waals surface area contributed by atoms with Gasteiger partial charge in [-0.15, -0.1) is 0 Å². The number of para-hydroxylation sites is 1. The maximum atomic E-state index is 13.2. The van der Waals surface area contributed by atoms with Crippen LogP contribution in [0.2, 0.25) is 0 Å². The molecule has 4 aromatic rings. The molecular weight excluding hydrogens is 436 g/mol. The van der Waals surface area contributed by atoms with Gasteiger partial charge in [0.1, 0.15) is 28.4 Å². The van der Waals surface area contributed by atoms with Gasteiger partial charge in [0.25, 0.3) is 0 Å². The Morgan fingerprint density at radius 1 is 0.941 bits per heavy atom. The molecule has 0 unspecified atom stereocenters. The van der Waals surface area contributed by atoms with Gasteiger partial charge in [0, 0.05) is 35.9 Å². The number of rotatable bonds is 6. The van der Waals surface area contributed by atoms with Crippen LogP contribution in [0, 0.1) is 5.92 Å². The fraction of sp³-hybridized carbons (Fsp3) is 0.231. The third-order valence-electron chi connectivity index (χ3n) is 6.13. The largest absolute Gasteiger partial charge is 0.497 e. The van der Waals surface area contributed by atoms with Gasteiger partial charge in [-0.2, -0.15) is 0 Å². The zero-order valence-electron chi connectivity index (χ0n) is 19.1. The normalized spacial score (nSPS) is 15.7. The van der Waals surface area contributed by atoms with Crippen LogP contribution in [-0.4, -0.2) is 39.7 Å². The van der Waals surface area contributed by atoms with Gasteiger partial charge < -0.3 is 28.8 Å². The van der Waals surface area contributed by atoms with Gasteiger partial charge in [0.2, 0.25) is 11.8 Å². The van der Waals surface area contributed by atoms with E-state index >= 15 is 0 Å². The fourth-order valence-corrected chi connectivity index (χ4v) is 4.38. The average molecular weight is 460 g/mol. The van der Waals surface area contributed by atoms with Crippen molar-refractivity contribution in [3.8, 4) is 17.2 Å². The van der Waals surface area contributed by atoms with E-state index in [-0.39, 0.29) is 24.8 Å². The van der Waals surface area contributed by atoms with Crippen molar-refractivity contribution in [3.63, 3.8) is 0 Å². The highest BCUT2D eigenvalue weighted by Crippen LogP contribution is 2.38. The van der Waals surface area contributed by atoms with Crippen LogP contribution in [0.4, 0.5) is 11.4 Å². The number of fused-ring (bicyclic) bond motifs is 3. The molecule has 0 radical (unpaired) electrons. The Hall–Kier alpha value is -4.20. The molecule has 0 saturated carbocycles. The summed E-state index contributed by atoms with van der Waals surface area (Å²) >= 11 is 0. The molecule has 1 saturated heterocycles. The molecule has 0 aliphatic carbocycles. The maximum Gasteiger partial charge on any atom is 0.229 e. The van der Waals surface area contributed by atoms with E-state index in [1.807, 2.05) is 30.3 Å². The highest BCUT2D eigenvalue weighted by atomic mass is 16.5. The number of methoxy groups -OCH3 is 3. The number of amides is 2. The first-order chi connectivity index (χ1) is 16.5. The highest BCUT2D eigenvalue weighted by molar-refractivity contribution is 6.09. The minimum atomic E-state index is -0.542. The number of ether oxygens (including phenoxy) is 3. The molecule has 8 heteroatoms. The third kappa shape index (κ3) is 3.67. The van der Waals surface area contributed by atoms with Gasteiger partial charge in [0.15, 0.2) is 0 Å². The Balaban J connectivity index is 1.41. The molecular formula is C26H24N2O6. The summed E-state index contributed by atoms with van der Waals surface area (Å²) in [4.78, 5) is 27.5. The lowest BCUT2D eigenvalue weighted by Crippen LogP contribution is -2.28. The van der Waals surface area contributed by atoms with Crippen molar-refractivity contribution in [2.24, 2.45) is 5.92 Å². The molecule has 2 amide bonds. The maximum absolute atomic E-state index is 13.2. The zero-order chi connectivity index (χ0) is 23.8. The number of carbonyl (C=O) groups excluding carboxylic acids is 2. The van der Waals surface area contributed by atoms with E-state index in [2.05, 4.69) is 5.32 Å². The lowest BCUT2D eigenvalue weighted by Gasteiger charge is -2.20. The lowest BCUT2D eigenvalue weighted by molar-refractivity contribution is -0.122. The van der Waals surface area contributed by atoms with Crippen LogP contribution in [0.3, 0.4) is 0 Å². The van der Waals surface area contributed by atoms with E-state index in [0.717, 1.165) is 16.4 Å². The Morgan fingerprint density at radius 2 is 1.74 bits per heavy atom. The summed E-state index contributed by atoms with van der Waals surface area (Å²) in [5, 5.41) is 4.80. The fourth-order valence-electron chi connectivity index (χ4n) is 4.38. The second kappa shape index (κ2) is 8.62. The van der Waals surface area contributed by atoms with Crippen LogP contribution in [0.1, 0.15) is 6.42 Å². The molecule has 8 nitrogen and oxygen atoms in total. The molecule has 1 fully saturated rings. The standard InChI is InChI=1S/C26H24N2O6/c1-31-16-8-9-22(32-2)20(11-16)28-14-15(10-25(28)29)26(30)27-19-13-23-18(12-24(19)33-3)17-6-4-5-7-21(17)34-23/h4-9,11-13,15H,10,14H2,1-3H3,(H,27,30)/t15-/m1/s1. The number of nitrogens with one attached hydrogen (secondary N) is 1. The predicted molar refractivity (Wildman–Crippen MR) is 129 cm³/mol. The smallest absolute Gasteiger partial charge is 0.229 e. The molecule has 5 rings (SSSR count). The first-order valence-corrected chi connectivity index (χ1v) is 10.8. The van der Waals surface area contributed by atoms with Crippen molar-refractivity contribution in [3.05, 3.63) is 54.6 Å². The van der Waals surface area contributed by atoms with Crippen molar-refractivity contribution < 1.29 is 28.2 Å². The number of anilines is 2. The second-order valence-electron chi connectivity index (χ2n) is 8.08. The summed E-state index contributed by atoms with van der Waals surface area (Å²) in [7, 11) is 4.64. The van der Waals surface area contributed by atoms with E-state index in [0.29, 0.717) is 34.2 Å². The summed E-state index contributed by atoms with van der Waals surface area (Å²) in [6.07, 6.45) is 0.0847. The van der Waals surface area contributed by atoms with Crippen molar-refractivity contribution in [1.29, 1.82) is 0 Å². The van der Waals surface area contributed by atoms with Gasteiger partial charge in [-0.3, -0.25) is 9.59 Å². The molecule has 1 aliphatic heterocycles. The van der Waals surface area contributed by atoms with Crippen molar-refractivity contribution in [2.45, 2.75) is 6.42 Å². The van der Waals surface area contributed by atoms with E-state index < -0.39 is 5.92 Å². The van der Waals surface area contributed by atoms with E-state index in [4.69, 9.17) is 18.6 Å². The van der Waals surface area contributed by atoms with E-state index in [1.54, 1.807) is 43.4 Å². The number of carbonyl (C=O) groups is 2. The zero-order valence-corrected chi connectivity index (χ0v) is 19.1. The first-order valence-electron chi connectivity index (χ1n) is 10.8. The van der Waals surface area contributed by atoms with Crippen LogP contribution >= 0.6 is 0 Å². The Labute approximate surface area is 196 Å². The van der Waals surface area contributed by atoms with Crippen LogP contribution < -0.4 is 24.4 Å². The minimum absolute atomic E-state index is 0.0847. The summed E-state index contributed by atoms with van der Waals surface area (Å²) in [5.41, 5.74) is 2.46. The molecule has 3 aromatic carbocycles. The number of furan rings is 1. The molecule has 1 atom stereocenters. The lowest BCUT2D eigenvalue weighted by atomic mass is 10.1. The molecule has 1 aliphatic rings. The number of hydrogen-bond donors (Lipinski definition) is 1. The van der Waals surface area contributed by atoms with Gasteiger partial charge >= 0.3 is 0 Å². The molecule has 2 heterocycles. The summed E-state index contributed by atoms with van der Waals surface area (Å²) in [6.45, 7) is 0.226. The van der Waals surface area contributed by atoms with Crippen LogP contribution in [0.15, 0.2) is 59.0 Å². The minimum Gasteiger partial charge on any atom is -0.497 e. The predicted octanol–water partition coefficient (Wildman–Crippen LogP) is 4.60. The van der Waals surface area contributed by atoms with E-state index in [1.165, 1.54) is 7.11 Å². The molecule has 1 aromatic heterocycles. The molecule has 0 spiro atoms. The van der Waals surface area contributed by atoms with Gasteiger partial charge in [-0.25, -0.2) is 0 Å².